The SMILES string of the molecule is Fc1ccc(NCCC2CNCc3c(-c4ccc(F)c(Cl)c4)cnn32)cc1Cl. The third kappa shape index (κ3) is 3.85. The van der Waals surface area contributed by atoms with Crippen molar-refractivity contribution in [1.82, 2.24) is 15.1 Å². The zero-order valence-electron chi connectivity index (χ0n) is 14.9. The second-order valence-corrected chi connectivity index (χ2v) is 7.52. The zero-order chi connectivity index (χ0) is 19.7. The molecule has 0 aliphatic carbocycles. The summed E-state index contributed by atoms with van der Waals surface area (Å²) < 4.78 is 28.7. The molecule has 146 valence electrons. The van der Waals surface area contributed by atoms with Gasteiger partial charge >= 0.3 is 0 Å². The highest BCUT2D eigenvalue weighted by molar-refractivity contribution is 6.31. The van der Waals surface area contributed by atoms with Gasteiger partial charge in [-0.1, -0.05) is 29.3 Å². The number of nitrogens with zero attached hydrogens (tertiary/aromatic N) is 2. The molecule has 3 aromatic rings. The van der Waals surface area contributed by atoms with Crippen molar-refractivity contribution in [3.63, 3.8) is 0 Å². The van der Waals surface area contributed by atoms with Crippen molar-refractivity contribution in [1.29, 1.82) is 0 Å². The molecule has 1 atom stereocenters. The lowest BCUT2D eigenvalue weighted by molar-refractivity contribution is 0.355. The van der Waals surface area contributed by atoms with Gasteiger partial charge in [0, 0.05) is 30.9 Å². The smallest absolute Gasteiger partial charge is 0.141 e. The molecule has 0 saturated carbocycles. The van der Waals surface area contributed by atoms with Gasteiger partial charge in [0.1, 0.15) is 11.6 Å². The number of hydrogen-bond acceptors (Lipinski definition) is 3. The van der Waals surface area contributed by atoms with Crippen molar-refractivity contribution in [3.05, 3.63) is 70.0 Å². The third-order valence-electron chi connectivity index (χ3n) is 4.87. The van der Waals surface area contributed by atoms with Crippen LogP contribution in [0, 0.1) is 11.6 Å². The summed E-state index contributed by atoms with van der Waals surface area (Å²) in [5.41, 5.74) is 3.60. The molecule has 0 amide bonds. The molecule has 1 aliphatic heterocycles. The highest BCUT2D eigenvalue weighted by Crippen LogP contribution is 2.31. The van der Waals surface area contributed by atoms with E-state index in [0.717, 1.165) is 35.5 Å². The van der Waals surface area contributed by atoms with E-state index in [1.165, 1.54) is 12.1 Å². The molecule has 4 nitrogen and oxygen atoms in total. The van der Waals surface area contributed by atoms with Crippen LogP contribution in [0.2, 0.25) is 10.0 Å². The molecule has 1 unspecified atom stereocenters. The van der Waals surface area contributed by atoms with E-state index in [9.17, 15) is 8.78 Å². The Morgan fingerprint density at radius 3 is 2.61 bits per heavy atom. The standard InChI is InChI=1S/C20H18Cl2F2N4/c21-16-7-12(1-3-18(16)23)15-10-27-28-14(9-25-11-20(15)28)5-6-26-13-2-4-19(24)17(22)8-13/h1-4,7-8,10,14,25-26H,5-6,9,11H2. The first-order chi connectivity index (χ1) is 13.5. The number of hydrogen-bond donors (Lipinski definition) is 2. The molecule has 2 heterocycles. The number of halogens is 4. The highest BCUT2D eigenvalue weighted by atomic mass is 35.5. The lowest BCUT2D eigenvalue weighted by Crippen LogP contribution is -2.34. The van der Waals surface area contributed by atoms with Crippen LogP contribution in [0.25, 0.3) is 11.1 Å². The second-order valence-electron chi connectivity index (χ2n) is 6.71. The minimum atomic E-state index is -0.436. The van der Waals surface area contributed by atoms with Gasteiger partial charge in [0.25, 0.3) is 0 Å². The fourth-order valence-electron chi connectivity index (χ4n) is 3.44. The molecule has 0 saturated heterocycles. The Balaban J connectivity index is 1.47. The molecule has 2 N–H and O–H groups in total. The number of benzene rings is 2. The van der Waals surface area contributed by atoms with Crippen LogP contribution in [0.5, 0.6) is 0 Å². The topological polar surface area (TPSA) is 41.9 Å². The predicted molar refractivity (Wildman–Crippen MR) is 108 cm³/mol. The van der Waals surface area contributed by atoms with Gasteiger partial charge in [-0.2, -0.15) is 5.10 Å². The molecule has 1 aromatic heterocycles. The molecule has 28 heavy (non-hydrogen) atoms. The molecule has 8 heteroatoms. The average Bonchev–Trinajstić information content (AvgIpc) is 3.12. The van der Waals surface area contributed by atoms with Gasteiger partial charge in [0.15, 0.2) is 0 Å². The Morgan fingerprint density at radius 1 is 1.11 bits per heavy atom. The van der Waals surface area contributed by atoms with Crippen LogP contribution in [0.15, 0.2) is 42.6 Å². The van der Waals surface area contributed by atoms with Gasteiger partial charge in [-0.05, 0) is 42.3 Å². The van der Waals surface area contributed by atoms with Gasteiger partial charge in [0.2, 0.25) is 0 Å². The van der Waals surface area contributed by atoms with Crippen molar-refractivity contribution >= 4 is 28.9 Å². The number of rotatable bonds is 5. The van der Waals surface area contributed by atoms with Crippen molar-refractivity contribution in [2.24, 2.45) is 0 Å². The van der Waals surface area contributed by atoms with Crippen molar-refractivity contribution in [2.45, 2.75) is 19.0 Å². The number of anilines is 1. The van der Waals surface area contributed by atoms with E-state index in [1.807, 2.05) is 4.68 Å². The Kier molecular flexibility index (Phi) is 5.53. The molecule has 2 aromatic carbocycles. The van der Waals surface area contributed by atoms with E-state index < -0.39 is 11.6 Å². The molecule has 0 bridgehead atoms. The minimum Gasteiger partial charge on any atom is -0.385 e. The van der Waals surface area contributed by atoms with Crippen LogP contribution < -0.4 is 10.6 Å². The first kappa shape index (κ1) is 19.2. The van der Waals surface area contributed by atoms with Gasteiger partial charge in [-0.25, -0.2) is 8.78 Å². The lowest BCUT2D eigenvalue weighted by Gasteiger charge is -2.26. The van der Waals surface area contributed by atoms with E-state index in [1.54, 1.807) is 30.5 Å². The highest BCUT2D eigenvalue weighted by Gasteiger charge is 2.23. The summed E-state index contributed by atoms with van der Waals surface area (Å²) in [6, 6.07) is 9.45. The number of nitrogens with one attached hydrogen (secondary N) is 2. The maximum Gasteiger partial charge on any atom is 0.141 e. The molecule has 0 radical (unpaired) electrons. The molecule has 4 rings (SSSR count). The first-order valence-corrected chi connectivity index (χ1v) is 9.70. The molecule has 1 aliphatic rings. The van der Waals surface area contributed by atoms with E-state index in [2.05, 4.69) is 15.7 Å². The zero-order valence-corrected chi connectivity index (χ0v) is 16.4. The van der Waals surface area contributed by atoms with Crippen molar-refractivity contribution in [2.75, 3.05) is 18.4 Å². The van der Waals surface area contributed by atoms with Gasteiger partial charge in [-0.3, -0.25) is 4.68 Å². The summed E-state index contributed by atoms with van der Waals surface area (Å²) in [5, 5.41) is 11.4. The number of fused-ring (bicyclic) bond motifs is 1. The summed E-state index contributed by atoms with van der Waals surface area (Å²) in [6.45, 7) is 2.16. The van der Waals surface area contributed by atoms with Crippen LogP contribution in [0.1, 0.15) is 18.2 Å². The summed E-state index contributed by atoms with van der Waals surface area (Å²) in [4.78, 5) is 0. The average molecular weight is 423 g/mol. The van der Waals surface area contributed by atoms with Crippen molar-refractivity contribution in [3.8, 4) is 11.1 Å². The quantitative estimate of drug-likeness (QED) is 0.587. The van der Waals surface area contributed by atoms with E-state index in [0.29, 0.717) is 13.1 Å². The van der Waals surface area contributed by atoms with E-state index >= 15 is 0 Å². The first-order valence-electron chi connectivity index (χ1n) is 8.94. The maximum absolute atomic E-state index is 13.5. The third-order valence-corrected chi connectivity index (χ3v) is 5.45. The van der Waals surface area contributed by atoms with Crippen LogP contribution >= 0.6 is 23.2 Å². The number of aromatic nitrogens is 2. The van der Waals surface area contributed by atoms with Crippen LogP contribution in [0.3, 0.4) is 0 Å². The summed E-state index contributed by atoms with van der Waals surface area (Å²) in [7, 11) is 0. The van der Waals surface area contributed by atoms with E-state index in [4.69, 9.17) is 23.2 Å². The Morgan fingerprint density at radius 2 is 1.86 bits per heavy atom. The second kappa shape index (κ2) is 8.07. The normalized spacial score (nSPS) is 16.1. The van der Waals surface area contributed by atoms with Crippen molar-refractivity contribution < 1.29 is 8.78 Å². The molecule has 0 spiro atoms. The summed E-state index contributed by atoms with van der Waals surface area (Å²) in [5.74, 6) is -0.868. The van der Waals surface area contributed by atoms with Gasteiger partial charge in [-0.15, -0.1) is 0 Å². The fraction of sp³-hybridized carbons (Fsp3) is 0.250. The minimum absolute atomic E-state index is 0.0972. The van der Waals surface area contributed by atoms with Crippen LogP contribution in [-0.4, -0.2) is 22.9 Å². The molecule has 0 fully saturated rings. The fourth-order valence-corrected chi connectivity index (χ4v) is 3.80. The summed E-state index contributed by atoms with van der Waals surface area (Å²) >= 11 is 11.7. The Labute approximate surface area is 171 Å². The monoisotopic (exact) mass is 422 g/mol. The van der Waals surface area contributed by atoms with Crippen LogP contribution in [0.4, 0.5) is 14.5 Å². The lowest BCUT2D eigenvalue weighted by atomic mass is 10.0. The molecular formula is C20H18Cl2F2N4. The Bertz CT molecular complexity index is 1010. The largest absolute Gasteiger partial charge is 0.385 e. The summed E-state index contributed by atoms with van der Waals surface area (Å²) in [6.07, 6.45) is 2.62. The van der Waals surface area contributed by atoms with E-state index in [-0.39, 0.29) is 16.1 Å². The predicted octanol–water partition coefficient (Wildman–Crippen LogP) is 5.28. The van der Waals surface area contributed by atoms with Gasteiger partial charge in [0.05, 0.1) is 28.0 Å². The molecular weight excluding hydrogens is 405 g/mol. The van der Waals surface area contributed by atoms with Gasteiger partial charge < -0.3 is 10.6 Å². The Hall–Kier alpha value is -2.15. The van der Waals surface area contributed by atoms with Crippen LogP contribution in [-0.2, 0) is 6.54 Å². The maximum atomic E-state index is 13.5.